The number of halogens is 2. The maximum Gasteiger partial charge on any atom is 0.359 e. The lowest BCUT2D eigenvalue weighted by molar-refractivity contribution is 0.0467. The predicted molar refractivity (Wildman–Crippen MR) is 64.0 cm³/mol. The van der Waals surface area contributed by atoms with E-state index in [9.17, 15) is 9.59 Å². The summed E-state index contributed by atoms with van der Waals surface area (Å²) in [6, 6.07) is 0. The molecular formula is C10H10Cl2N2O4. The second-order valence-electron chi connectivity index (χ2n) is 2.94. The van der Waals surface area contributed by atoms with E-state index in [0.29, 0.717) is 0 Å². The zero-order chi connectivity index (χ0) is 13.7. The second kappa shape index (κ2) is 6.51. The van der Waals surface area contributed by atoms with Crippen LogP contribution < -0.4 is 0 Å². The molecule has 8 heteroatoms. The van der Waals surface area contributed by atoms with Crippen molar-refractivity contribution in [2.75, 3.05) is 13.2 Å². The summed E-state index contributed by atoms with van der Waals surface area (Å²) in [6.45, 7) is 3.49. The molecule has 0 spiro atoms. The Morgan fingerprint density at radius 1 is 0.944 bits per heavy atom. The highest BCUT2D eigenvalue weighted by Crippen LogP contribution is 2.20. The number of esters is 2. The smallest absolute Gasteiger partial charge is 0.359 e. The molecule has 0 saturated carbocycles. The zero-order valence-corrected chi connectivity index (χ0v) is 11.2. The predicted octanol–water partition coefficient (Wildman–Crippen LogP) is 2.14. The summed E-state index contributed by atoms with van der Waals surface area (Å²) in [6.07, 6.45) is 0. The minimum atomic E-state index is -0.813. The van der Waals surface area contributed by atoms with Gasteiger partial charge in [0.1, 0.15) is 0 Å². The number of carbonyl (C=O) groups is 2. The van der Waals surface area contributed by atoms with Crippen molar-refractivity contribution in [1.82, 2.24) is 9.97 Å². The van der Waals surface area contributed by atoms with Crippen molar-refractivity contribution in [2.24, 2.45) is 0 Å². The van der Waals surface area contributed by atoms with Gasteiger partial charge in [-0.2, -0.15) is 0 Å². The van der Waals surface area contributed by atoms with Crippen LogP contribution in [0.25, 0.3) is 0 Å². The van der Waals surface area contributed by atoms with Gasteiger partial charge in [0.05, 0.1) is 13.2 Å². The minimum absolute atomic E-state index is 0.128. The van der Waals surface area contributed by atoms with Crippen LogP contribution in [0.1, 0.15) is 34.8 Å². The van der Waals surface area contributed by atoms with Gasteiger partial charge in [-0.15, -0.1) is 0 Å². The molecule has 0 unspecified atom stereocenters. The molecule has 0 aliphatic carbocycles. The first-order valence-corrected chi connectivity index (χ1v) is 5.84. The molecule has 0 aromatic carbocycles. The monoisotopic (exact) mass is 292 g/mol. The minimum Gasteiger partial charge on any atom is -0.461 e. The molecule has 0 fully saturated rings. The van der Waals surface area contributed by atoms with Gasteiger partial charge in [-0.25, -0.2) is 19.6 Å². The van der Waals surface area contributed by atoms with Crippen molar-refractivity contribution in [3.63, 3.8) is 0 Å². The van der Waals surface area contributed by atoms with E-state index < -0.39 is 11.9 Å². The van der Waals surface area contributed by atoms with E-state index in [2.05, 4.69) is 9.97 Å². The summed E-state index contributed by atoms with van der Waals surface area (Å²) in [5.41, 5.74) is -0.630. The van der Waals surface area contributed by atoms with Crippen LogP contribution in [0.2, 0.25) is 10.3 Å². The summed E-state index contributed by atoms with van der Waals surface area (Å²) < 4.78 is 9.48. The van der Waals surface area contributed by atoms with Crippen LogP contribution in [0, 0.1) is 0 Å². The Hall–Kier alpha value is -1.40. The number of hydrogen-bond donors (Lipinski definition) is 0. The molecule has 0 N–H and O–H groups in total. The van der Waals surface area contributed by atoms with Gasteiger partial charge in [-0.05, 0) is 13.8 Å². The van der Waals surface area contributed by atoms with E-state index in [1.165, 1.54) is 0 Å². The second-order valence-corrected chi connectivity index (χ2v) is 3.66. The van der Waals surface area contributed by atoms with Gasteiger partial charge < -0.3 is 9.47 Å². The third-order valence-electron chi connectivity index (χ3n) is 1.75. The van der Waals surface area contributed by atoms with Gasteiger partial charge >= 0.3 is 11.9 Å². The Morgan fingerprint density at radius 3 is 1.56 bits per heavy atom. The van der Waals surface area contributed by atoms with Crippen molar-refractivity contribution in [3.05, 3.63) is 21.7 Å². The molecule has 0 bridgehead atoms. The molecular weight excluding hydrogens is 283 g/mol. The summed E-state index contributed by atoms with van der Waals surface area (Å²) in [4.78, 5) is 30.6. The quantitative estimate of drug-likeness (QED) is 0.791. The number of nitrogens with zero attached hydrogens (tertiary/aromatic N) is 2. The van der Waals surface area contributed by atoms with Crippen LogP contribution in [0.3, 0.4) is 0 Å². The standard InChI is InChI=1S/C10H10Cl2N2O4/c1-3-17-9(15)5-6(10(16)18-4-2)14-8(12)7(11)13-5/h3-4H2,1-2H3. The van der Waals surface area contributed by atoms with Gasteiger partial charge in [0, 0.05) is 0 Å². The van der Waals surface area contributed by atoms with Crippen molar-refractivity contribution in [3.8, 4) is 0 Å². The first-order valence-electron chi connectivity index (χ1n) is 5.08. The number of hydrogen-bond acceptors (Lipinski definition) is 6. The van der Waals surface area contributed by atoms with E-state index in [4.69, 9.17) is 32.7 Å². The molecule has 0 aliphatic heterocycles. The van der Waals surface area contributed by atoms with Crippen LogP contribution in [-0.2, 0) is 9.47 Å². The lowest BCUT2D eigenvalue weighted by Crippen LogP contribution is -2.18. The van der Waals surface area contributed by atoms with Crippen LogP contribution in [0.15, 0.2) is 0 Å². The van der Waals surface area contributed by atoms with Crippen LogP contribution in [0.5, 0.6) is 0 Å². The van der Waals surface area contributed by atoms with Crippen LogP contribution in [-0.4, -0.2) is 35.1 Å². The Morgan fingerprint density at radius 2 is 1.28 bits per heavy atom. The molecule has 1 aromatic heterocycles. The molecule has 1 heterocycles. The van der Waals surface area contributed by atoms with Gasteiger partial charge in [0.15, 0.2) is 21.7 Å². The van der Waals surface area contributed by atoms with Crippen molar-refractivity contribution >= 4 is 35.1 Å². The molecule has 6 nitrogen and oxygen atoms in total. The molecule has 0 aliphatic rings. The summed E-state index contributed by atoms with van der Waals surface area (Å²) in [5.74, 6) is -1.63. The van der Waals surface area contributed by atoms with E-state index in [1.54, 1.807) is 13.8 Å². The largest absolute Gasteiger partial charge is 0.461 e. The molecule has 0 amide bonds. The normalized spacial score (nSPS) is 10.0. The maximum atomic E-state index is 11.6. The fourth-order valence-electron chi connectivity index (χ4n) is 1.08. The Kier molecular flexibility index (Phi) is 5.30. The van der Waals surface area contributed by atoms with Crippen molar-refractivity contribution in [2.45, 2.75) is 13.8 Å². The average Bonchev–Trinajstić information content (AvgIpc) is 2.32. The zero-order valence-electron chi connectivity index (χ0n) is 9.70. The summed E-state index contributed by atoms with van der Waals surface area (Å²) in [7, 11) is 0. The van der Waals surface area contributed by atoms with Gasteiger partial charge in [-0.1, -0.05) is 23.2 Å². The fourth-order valence-corrected chi connectivity index (χ4v) is 1.33. The van der Waals surface area contributed by atoms with Gasteiger partial charge in [0.25, 0.3) is 0 Å². The Balaban J connectivity index is 3.25. The van der Waals surface area contributed by atoms with E-state index in [0.717, 1.165) is 0 Å². The molecule has 0 atom stereocenters. The first kappa shape index (κ1) is 14.7. The van der Waals surface area contributed by atoms with Gasteiger partial charge in [-0.3, -0.25) is 0 Å². The molecule has 0 saturated heterocycles. The molecule has 18 heavy (non-hydrogen) atoms. The average molecular weight is 293 g/mol. The maximum absolute atomic E-state index is 11.6. The number of rotatable bonds is 4. The number of ether oxygens (including phenoxy) is 2. The van der Waals surface area contributed by atoms with Crippen molar-refractivity contribution < 1.29 is 19.1 Å². The first-order chi connectivity index (χ1) is 8.51. The molecule has 0 radical (unpaired) electrons. The third-order valence-corrected chi connectivity index (χ3v) is 2.38. The van der Waals surface area contributed by atoms with E-state index in [1.807, 2.05) is 0 Å². The summed E-state index contributed by atoms with van der Waals surface area (Å²) in [5, 5.41) is -0.375. The topological polar surface area (TPSA) is 78.4 Å². The molecule has 1 rings (SSSR count). The molecule has 98 valence electrons. The number of carbonyl (C=O) groups excluding carboxylic acids is 2. The highest BCUT2D eigenvalue weighted by Gasteiger charge is 2.25. The third kappa shape index (κ3) is 3.30. The fraction of sp³-hybridized carbons (Fsp3) is 0.400. The highest BCUT2D eigenvalue weighted by atomic mass is 35.5. The van der Waals surface area contributed by atoms with E-state index >= 15 is 0 Å². The van der Waals surface area contributed by atoms with Gasteiger partial charge in [0.2, 0.25) is 0 Å². The van der Waals surface area contributed by atoms with Crippen LogP contribution in [0.4, 0.5) is 0 Å². The Bertz CT molecular complexity index is 436. The lowest BCUT2D eigenvalue weighted by atomic mass is 10.3. The number of aromatic nitrogens is 2. The lowest BCUT2D eigenvalue weighted by Gasteiger charge is -2.07. The SMILES string of the molecule is CCOC(=O)c1nc(Cl)c(Cl)nc1C(=O)OCC. The van der Waals surface area contributed by atoms with E-state index in [-0.39, 0.29) is 34.9 Å². The molecule has 1 aromatic rings. The summed E-state index contributed by atoms with van der Waals surface area (Å²) >= 11 is 11.3. The van der Waals surface area contributed by atoms with Crippen LogP contribution >= 0.6 is 23.2 Å². The highest BCUT2D eigenvalue weighted by molar-refractivity contribution is 6.40. The van der Waals surface area contributed by atoms with Crippen molar-refractivity contribution in [1.29, 1.82) is 0 Å². The Labute approximate surface area is 113 Å².